The smallest absolute Gasteiger partial charge is 0.250 e. The van der Waals surface area contributed by atoms with E-state index in [1.807, 2.05) is 36.2 Å². The van der Waals surface area contributed by atoms with Crippen molar-refractivity contribution in [1.29, 1.82) is 0 Å². The molecule has 1 heterocycles. The van der Waals surface area contributed by atoms with E-state index in [9.17, 15) is 8.78 Å². The molecule has 1 saturated heterocycles. The summed E-state index contributed by atoms with van der Waals surface area (Å²) in [5, 5.41) is 1.85. The zero-order valence-corrected chi connectivity index (χ0v) is 9.34. The number of piperidine rings is 1. The number of hydrazine groups is 1. The molecule has 16 heavy (non-hydrogen) atoms. The van der Waals surface area contributed by atoms with Crippen LogP contribution in [-0.4, -0.2) is 24.0 Å². The lowest BCUT2D eigenvalue weighted by molar-refractivity contribution is -0.0506. The first-order valence-corrected chi connectivity index (χ1v) is 5.51. The minimum absolute atomic E-state index is 0.0636. The van der Waals surface area contributed by atoms with Gasteiger partial charge < -0.3 is 5.43 Å². The number of halogens is 2. The second-order valence-corrected chi connectivity index (χ2v) is 4.32. The third-order valence-electron chi connectivity index (χ3n) is 2.83. The molecule has 4 heteroatoms. The molecule has 1 N–H and O–H groups in total. The minimum Gasteiger partial charge on any atom is -0.319 e. The van der Waals surface area contributed by atoms with Crippen LogP contribution < -0.4 is 5.43 Å². The molecule has 0 atom stereocenters. The monoisotopic (exact) mass is 226 g/mol. The molecule has 1 aliphatic heterocycles. The first-order chi connectivity index (χ1) is 7.55. The van der Waals surface area contributed by atoms with Gasteiger partial charge in [-0.25, -0.2) is 13.8 Å². The Bertz CT molecular complexity index is 339. The molecule has 1 fully saturated rings. The zero-order chi connectivity index (χ0) is 11.6. The number of hydrogen-bond donors (Lipinski definition) is 1. The van der Waals surface area contributed by atoms with Crippen molar-refractivity contribution in [2.75, 3.05) is 18.5 Å². The van der Waals surface area contributed by atoms with Gasteiger partial charge in [0.15, 0.2) is 0 Å². The first-order valence-electron chi connectivity index (χ1n) is 5.51. The summed E-state index contributed by atoms with van der Waals surface area (Å²) in [7, 11) is 0. The molecule has 1 aromatic rings. The number of hydrogen-bond acceptors (Lipinski definition) is 2. The van der Waals surface area contributed by atoms with Crippen molar-refractivity contribution < 1.29 is 8.78 Å². The summed E-state index contributed by atoms with van der Waals surface area (Å²) in [5.74, 6) is -2.48. The molecule has 0 bridgehead atoms. The van der Waals surface area contributed by atoms with Crippen LogP contribution in [0.4, 0.5) is 14.5 Å². The molecule has 2 rings (SSSR count). The molecule has 0 amide bonds. The maximum atomic E-state index is 12.9. The highest BCUT2D eigenvalue weighted by molar-refractivity contribution is 5.43. The van der Waals surface area contributed by atoms with Crippen LogP contribution in [-0.2, 0) is 0 Å². The molecule has 0 aliphatic carbocycles. The van der Waals surface area contributed by atoms with Crippen LogP contribution in [0.5, 0.6) is 0 Å². The van der Waals surface area contributed by atoms with E-state index in [0.717, 1.165) is 5.69 Å². The molecule has 0 aromatic heterocycles. The summed E-state index contributed by atoms with van der Waals surface area (Å²) in [4.78, 5) is 0. The van der Waals surface area contributed by atoms with Crippen molar-refractivity contribution in [3.8, 4) is 0 Å². The van der Waals surface area contributed by atoms with Gasteiger partial charge in [0.2, 0.25) is 0 Å². The second kappa shape index (κ2) is 4.37. The molecule has 0 spiro atoms. The predicted octanol–water partition coefficient (Wildman–Crippen LogP) is 3.05. The normalized spacial score (nSPS) is 20.7. The Kier molecular flexibility index (Phi) is 3.10. The van der Waals surface area contributed by atoms with E-state index in [0.29, 0.717) is 13.1 Å². The molecule has 0 radical (unpaired) electrons. The predicted molar refractivity (Wildman–Crippen MR) is 60.6 cm³/mol. The van der Waals surface area contributed by atoms with Crippen molar-refractivity contribution in [3.05, 3.63) is 29.8 Å². The average molecular weight is 226 g/mol. The SMILES string of the molecule is Cc1ccc(NN2CCC(F)(F)CC2)cc1. The summed E-state index contributed by atoms with van der Waals surface area (Å²) >= 11 is 0. The maximum absolute atomic E-state index is 12.9. The summed E-state index contributed by atoms with van der Waals surface area (Å²) in [6, 6.07) is 7.92. The standard InChI is InChI=1S/C12H16F2N2/c1-10-2-4-11(5-3-10)15-16-8-6-12(13,14)7-9-16/h2-5,15H,6-9H2,1H3. The summed E-state index contributed by atoms with van der Waals surface area (Å²) in [5.41, 5.74) is 5.29. The summed E-state index contributed by atoms with van der Waals surface area (Å²) < 4.78 is 25.8. The van der Waals surface area contributed by atoms with Crippen molar-refractivity contribution in [2.24, 2.45) is 0 Å². The van der Waals surface area contributed by atoms with Gasteiger partial charge in [0, 0.05) is 31.6 Å². The molecule has 1 aliphatic rings. The Hall–Kier alpha value is -1.16. The van der Waals surface area contributed by atoms with Crippen molar-refractivity contribution in [1.82, 2.24) is 5.01 Å². The van der Waals surface area contributed by atoms with E-state index >= 15 is 0 Å². The highest BCUT2D eigenvalue weighted by Crippen LogP contribution is 2.27. The Morgan fingerprint density at radius 3 is 2.25 bits per heavy atom. The second-order valence-electron chi connectivity index (χ2n) is 4.32. The molecule has 88 valence electrons. The van der Waals surface area contributed by atoms with Crippen LogP contribution in [0.15, 0.2) is 24.3 Å². The third-order valence-corrected chi connectivity index (χ3v) is 2.83. The highest BCUT2D eigenvalue weighted by atomic mass is 19.3. The topological polar surface area (TPSA) is 15.3 Å². The molecular weight excluding hydrogens is 210 g/mol. The van der Waals surface area contributed by atoms with Crippen LogP contribution in [0.2, 0.25) is 0 Å². The number of alkyl halides is 2. The zero-order valence-electron chi connectivity index (χ0n) is 9.34. The quantitative estimate of drug-likeness (QED) is 0.833. The minimum atomic E-state index is -2.48. The molecular formula is C12H16F2N2. The van der Waals surface area contributed by atoms with E-state index in [-0.39, 0.29) is 12.8 Å². The van der Waals surface area contributed by atoms with Crippen LogP contribution >= 0.6 is 0 Å². The number of benzene rings is 1. The molecule has 0 saturated carbocycles. The number of nitrogens with zero attached hydrogens (tertiary/aromatic N) is 1. The molecule has 1 aromatic carbocycles. The Balaban J connectivity index is 1.89. The van der Waals surface area contributed by atoms with E-state index in [1.54, 1.807) is 0 Å². The van der Waals surface area contributed by atoms with Gasteiger partial charge in [0.05, 0.1) is 0 Å². The van der Waals surface area contributed by atoms with Crippen LogP contribution in [0.1, 0.15) is 18.4 Å². The Labute approximate surface area is 94.2 Å². The largest absolute Gasteiger partial charge is 0.319 e. The Morgan fingerprint density at radius 2 is 1.69 bits per heavy atom. The summed E-state index contributed by atoms with van der Waals surface area (Å²) in [6.07, 6.45) is -0.127. The number of aryl methyl sites for hydroxylation is 1. The van der Waals surface area contributed by atoms with Gasteiger partial charge in [0.25, 0.3) is 5.92 Å². The van der Waals surface area contributed by atoms with E-state index in [1.165, 1.54) is 5.56 Å². The summed E-state index contributed by atoms with van der Waals surface area (Å²) in [6.45, 7) is 2.80. The Morgan fingerprint density at radius 1 is 1.12 bits per heavy atom. The van der Waals surface area contributed by atoms with Gasteiger partial charge >= 0.3 is 0 Å². The fourth-order valence-electron chi connectivity index (χ4n) is 1.76. The lowest BCUT2D eigenvalue weighted by atomic mass is 10.1. The van der Waals surface area contributed by atoms with Crippen molar-refractivity contribution in [2.45, 2.75) is 25.7 Å². The van der Waals surface area contributed by atoms with Gasteiger partial charge in [-0.15, -0.1) is 0 Å². The fourth-order valence-corrected chi connectivity index (χ4v) is 1.76. The third kappa shape index (κ3) is 2.92. The molecule has 0 unspecified atom stereocenters. The lowest BCUT2D eigenvalue weighted by Crippen LogP contribution is -2.42. The first kappa shape index (κ1) is 11.3. The van der Waals surface area contributed by atoms with Crippen molar-refractivity contribution >= 4 is 5.69 Å². The van der Waals surface area contributed by atoms with Gasteiger partial charge in [-0.3, -0.25) is 0 Å². The number of nitrogens with one attached hydrogen (secondary N) is 1. The van der Waals surface area contributed by atoms with E-state index in [4.69, 9.17) is 0 Å². The van der Waals surface area contributed by atoms with Gasteiger partial charge in [-0.05, 0) is 19.1 Å². The number of anilines is 1. The van der Waals surface area contributed by atoms with Crippen LogP contribution in [0.25, 0.3) is 0 Å². The van der Waals surface area contributed by atoms with Crippen molar-refractivity contribution in [3.63, 3.8) is 0 Å². The van der Waals surface area contributed by atoms with Crippen LogP contribution in [0.3, 0.4) is 0 Å². The maximum Gasteiger partial charge on any atom is 0.250 e. The lowest BCUT2D eigenvalue weighted by Gasteiger charge is -2.32. The fraction of sp³-hybridized carbons (Fsp3) is 0.500. The van der Waals surface area contributed by atoms with Gasteiger partial charge in [-0.1, -0.05) is 17.7 Å². The van der Waals surface area contributed by atoms with Gasteiger partial charge in [-0.2, -0.15) is 0 Å². The van der Waals surface area contributed by atoms with Gasteiger partial charge in [0.1, 0.15) is 0 Å². The van der Waals surface area contributed by atoms with E-state index < -0.39 is 5.92 Å². The average Bonchev–Trinajstić information content (AvgIpc) is 2.24. The number of rotatable bonds is 2. The highest BCUT2D eigenvalue weighted by Gasteiger charge is 2.33. The van der Waals surface area contributed by atoms with E-state index in [2.05, 4.69) is 5.43 Å². The molecule has 2 nitrogen and oxygen atoms in total. The van der Waals surface area contributed by atoms with Crippen LogP contribution in [0, 0.1) is 6.92 Å².